The third kappa shape index (κ3) is 4.36. The molecule has 2 heteroatoms. The van der Waals surface area contributed by atoms with Crippen molar-refractivity contribution >= 4 is 27.5 Å². The minimum atomic E-state index is 0.568. The van der Waals surface area contributed by atoms with Crippen LogP contribution < -0.4 is 0 Å². The molecule has 2 aromatic rings. The Kier molecular flexibility index (Phi) is 5.68. The third-order valence-electron chi connectivity index (χ3n) is 3.58. The predicted molar refractivity (Wildman–Crippen MR) is 92.1 cm³/mol. The van der Waals surface area contributed by atoms with Gasteiger partial charge in [-0.25, -0.2) is 0 Å². The van der Waals surface area contributed by atoms with Gasteiger partial charge in [0.25, 0.3) is 0 Å². The van der Waals surface area contributed by atoms with Crippen molar-refractivity contribution in [2.24, 2.45) is 5.92 Å². The van der Waals surface area contributed by atoms with Gasteiger partial charge in [-0.05, 0) is 55.4 Å². The van der Waals surface area contributed by atoms with Crippen molar-refractivity contribution in [3.63, 3.8) is 0 Å². The second-order valence-corrected chi connectivity index (χ2v) is 6.56. The zero-order valence-electron chi connectivity index (χ0n) is 12.0. The molecule has 1 atom stereocenters. The third-order valence-corrected chi connectivity index (χ3v) is 4.85. The molecule has 0 bridgehead atoms. The van der Waals surface area contributed by atoms with Crippen LogP contribution in [0.25, 0.3) is 0 Å². The first-order chi connectivity index (χ1) is 9.58. The van der Waals surface area contributed by atoms with E-state index in [9.17, 15) is 0 Å². The van der Waals surface area contributed by atoms with Gasteiger partial charge in [0.15, 0.2) is 0 Å². The largest absolute Gasteiger partial charge is 0.0925 e. The summed E-state index contributed by atoms with van der Waals surface area (Å²) >= 11 is 9.98. The van der Waals surface area contributed by atoms with E-state index in [0.717, 1.165) is 23.2 Å². The van der Waals surface area contributed by atoms with E-state index in [-0.39, 0.29) is 0 Å². The maximum absolute atomic E-state index is 6.34. The van der Waals surface area contributed by atoms with Crippen molar-refractivity contribution in [2.45, 2.75) is 26.7 Å². The van der Waals surface area contributed by atoms with E-state index >= 15 is 0 Å². The van der Waals surface area contributed by atoms with Gasteiger partial charge in [-0.3, -0.25) is 0 Å². The van der Waals surface area contributed by atoms with Gasteiger partial charge in [-0.1, -0.05) is 69.5 Å². The molecule has 0 fully saturated rings. The molecule has 106 valence electrons. The molecule has 20 heavy (non-hydrogen) atoms. The first kappa shape index (κ1) is 15.6. The molecule has 0 spiro atoms. The molecule has 0 aliphatic rings. The van der Waals surface area contributed by atoms with Crippen molar-refractivity contribution in [3.05, 3.63) is 69.7 Å². The Morgan fingerprint density at radius 3 is 2.20 bits per heavy atom. The highest BCUT2D eigenvalue weighted by Crippen LogP contribution is 2.23. The molecule has 1 unspecified atom stereocenters. The van der Waals surface area contributed by atoms with E-state index < -0.39 is 0 Å². The van der Waals surface area contributed by atoms with Crippen LogP contribution in [0.15, 0.2) is 42.5 Å². The number of benzene rings is 2. The summed E-state index contributed by atoms with van der Waals surface area (Å²) in [6.07, 6.45) is 2.09. The fraction of sp³-hybridized carbons (Fsp3) is 0.333. The fourth-order valence-electron chi connectivity index (χ4n) is 2.37. The van der Waals surface area contributed by atoms with E-state index in [2.05, 4.69) is 66.2 Å². The van der Waals surface area contributed by atoms with E-state index in [0.29, 0.717) is 5.92 Å². The van der Waals surface area contributed by atoms with Crippen LogP contribution in [-0.2, 0) is 12.8 Å². The van der Waals surface area contributed by atoms with Crippen LogP contribution in [0.3, 0.4) is 0 Å². The second kappa shape index (κ2) is 7.28. The van der Waals surface area contributed by atoms with Crippen LogP contribution in [-0.4, -0.2) is 5.33 Å². The van der Waals surface area contributed by atoms with Crippen LogP contribution in [0.4, 0.5) is 0 Å². The number of rotatable bonds is 5. The highest BCUT2D eigenvalue weighted by Gasteiger charge is 2.11. The molecular formula is C18H20BrCl. The lowest BCUT2D eigenvalue weighted by Crippen LogP contribution is -2.10. The first-order valence-corrected chi connectivity index (χ1v) is 8.45. The maximum atomic E-state index is 6.34. The molecule has 0 aliphatic carbocycles. The van der Waals surface area contributed by atoms with Crippen LogP contribution >= 0.6 is 27.5 Å². The Balaban J connectivity index is 2.07. The zero-order chi connectivity index (χ0) is 14.5. The van der Waals surface area contributed by atoms with E-state index in [1.165, 1.54) is 22.3 Å². The lowest BCUT2D eigenvalue weighted by Gasteiger charge is -2.15. The van der Waals surface area contributed by atoms with Crippen LogP contribution in [0.2, 0.25) is 5.02 Å². The molecule has 0 aliphatic heterocycles. The number of hydrogen-bond donors (Lipinski definition) is 0. The van der Waals surface area contributed by atoms with Crippen molar-refractivity contribution < 1.29 is 0 Å². The van der Waals surface area contributed by atoms with Crippen molar-refractivity contribution in [2.75, 3.05) is 5.33 Å². The highest BCUT2D eigenvalue weighted by atomic mass is 79.9. The number of aryl methyl sites for hydroxylation is 2. The molecule has 0 amide bonds. The minimum absolute atomic E-state index is 0.568. The Labute approximate surface area is 135 Å². The SMILES string of the molecule is Cc1ccc(CC(CBr)Cc2ccc(C)cc2Cl)cc1. The first-order valence-electron chi connectivity index (χ1n) is 6.95. The standard InChI is InChI=1S/C18H20BrCl/c1-13-3-6-15(7-4-13)10-16(12-19)11-17-8-5-14(2)9-18(17)20/h3-9,16H,10-12H2,1-2H3. The monoisotopic (exact) mass is 350 g/mol. The lowest BCUT2D eigenvalue weighted by molar-refractivity contribution is 0.591. The Bertz CT molecular complexity index is 560. The summed E-state index contributed by atoms with van der Waals surface area (Å²) < 4.78 is 0. The summed E-state index contributed by atoms with van der Waals surface area (Å²) in [5.41, 5.74) is 5.16. The van der Waals surface area contributed by atoms with E-state index in [1.54, 1.807) is 0 Å². The van der Waals surface area contributed by atoms with Gasteiger partial charge in [0, 0.05) is 10.4 Å². The molecule has 0 aromatic heterocycles. The smallest absolute Gasteiger partial charge is 0.0440 e. The molecule has 0 radical (unpaired) electrons. The Morgan fingerprint density at radius 1 is 0.950 bits per heavy atom. The molecule has 2 rings (SSSR count). The highest BCUT2D eigenvalue weighted by molar-refractivity contribution is 9.09. The minimum Gasteiger partial charge on any atom is -0.0925 e. The van der Waals surface area contributed by atoms with Gasteiger partial charge in [0.1, 0.15) is 0 Å². The predicted octanol–water partition coefficient (Wildman–Crippen LogP) is 5.75. The van der Waals surface area contributed by atoms with Crippen molar-refractivity contribution in [3.8, 4) is 0 Å². The molecule has 0 saturated carbocycles. The van der Waals surface area contributed by atoms with Gasteiger partial charge in [-0.2, -0.15) is 0 Å². The molecule has 2 aromatic carbocycles. The van der Waals surface area contributed by atoms with Gasteiger partial charge >= 0.3 is 0 Å². The van der Waals surface area contributed by atoms with E-state index in [4.69, 9.17) is 11.6 Å². The summed E-state index contributed by atoms with van der Waals surface area (Å²) in [5, 5.41) is 1.88. The summed E-state index contributed by atoms with van der Waals surface area (Å²) in [6, 6.07) is 15.2. The summed E-state index contributed by atoms with van der Waals surface area (Å²) in [4.78, 5) is 0. The molecular weight excluding hydrogens is 332 g/mol. The zero-order valence-corrected chi connectivity index (χ0v) is 14.3. The number of halogens is 2. The lowest BCUT2D eigenvalue weighted by atomic mass is 9.93. The number of alkyl halides is 1. The van der Waals surface area contributed by atoms with Crippen molar-refractivity contribution in [1.82, 2.24) is 0 Å². The normalized spacial score (nSPS) is 12.4. The van der Waals surface area contributed by atoms with Gasteiger partial charge in [-0.15, -0.1) is 0 Å². The quantitative estimate of drug-likeness (QED) is 0.601. The summed E-state index contributed by atoms with van der Waals surface area (Å²) in [6.45, 7) is 4.20. The van der Waals surface area contributed by atoms with Gasteiger partial charge < -0.3 is 0 Å². The fourth-order valence-corrected chi connectivity index (χ4v) is 3.14. The van der Waals surface area contributed by atoms with Crippen LogP contribution in [0, 0.1) is 19.8 Å². The summed E-state index contributed by atoms with van der Waals surface area (Å²) in [5.74, 6) is 0.568. The van der Waals surface area contributed by atoms with E-state index in [1.807, 2.05) is 6.07 Å². The van der Waals surface area contributed by atoms with Gasteiger partial charge in [0.2, 0.25) is 0 Å². The van der Waals surface area contributed by atoms with Crippen molar-refractivity contribution in [1.29, 1.82) is 0 Å². The molecule has 0 heterocycles. The average molecular weight is 352 g/mol. The topological polar surface area (TPSA) is 0 Å². The maximum Gasteiger partial charge on any atom is 0.0440 e. The Hall–Kier alpha value is -0.790. The average Bonchev–Trinajstić information content (AvgIpc) is 2.43. The molecule has 0 nitrogen and oxygen atoms in total. The van der Waals surface area contributed by atoms with Gasteiger partial charge in [0.05, 0.1) is 0 Å². The molecule has 0 saturated heterocycles. The number of hydrogen-bond acceptors (Lipinski definition) is 0. The summed E-state index contributed by atoms with van der Waals surface area (Å²) in [7, 11) is 0. The Morgan fingerprint density at radius 2 is 1.60 bits per heavy atom. The second-order valence-electron chi connectivity index (χ2n) is 5.51. The van der Waals surface area contributed by atoms with Crippen LogP contribution in [0.1, 0.15) is 22.3 Å². The van der Waals surface area contributed by atoms with Crippen LogP contribution in [0.5, 0.6) is 0 Å². The molecule has 0 N–H and O–H groups in total.